The predicted molar refractivity (Wildman–Crippen MR) is 138 cm³/mol. The van der Waals surface area contributed by atoms with Crippen molar-refractivity contribution in [2.75, 3.05) is 30.1 Å². The number of nitrogens with zero attached hydrogens (tertiary/aromatic N) is 4. The van der Waals surface area contributed by atoms with E-state index in [1.165, 1.54) is 9.13 Å². The number of aryl methyl sites for hydroxylation is 1. The third-order valence-corrected chi connectivity index (χ3v) is 6.37. The number of rotatable bonds is 7. The highest BCUT2D eigenvalue weighted by molar-refractivity contribution is 5.75. The number of hydrogen-bond donors (Lipinski definition) is 0. The Bertz CT molecular complexity index is 1250. The lowest BCUT2D eigenvalue weighted by atomic mass is 9.98. The van der Waals surface area contributed by atoms with Gasteiger partial charge in [0.15, 0.2) is 6.73 Å². The molecule has 1 aromatic carbocycles. The summed E-state index contributed by atoms with van der Waals surface area (Å²) in [7, 11) is 1.85. The number of carbonyl (C=O) groups excluding carboxylic acids is 1. The van der Waals surface area contributed by atoms with Crippen LogP contribution in [0.5, 0.6) is 0 Å². The zero-order valence-electron chi connectivity index (χ0n) is 20.9. The minimum absolute atomic E-state index is 0.242. The van der Waals surface area contributed by atoms with Crippen molar-refractivity contribution < 1.29 is 9.53 Å². The van der Waals surface area contributed by atoms with Crippen molar-refractivity contribution in [3.8, 4) is 0 Å². The zero-order valence-corrected chi connectivity index (χ0v) is 20.9. The maximum absolute atomic E-state index is 13.7. The molecule has 4 rings (SSSR count). The molecule has 1 atom stereocenters. The van der Waals surface area contributed by atoms with Crippen LogP contribution in [0.15, 0.2) is 64.2 Å². The molecule has 1 aliphatic carbocycles. The number of ether oxygens (including phenoxy) is 1. The fourth-order valence-electron chi connectivity index (χ4n) is 4.47. The van der Waals surface area contributed by atoms with Gasteiger partial charge in [-0.05, 0) is 45.1 Å². The first kappa shape index (κ1) is 24.6. The van der Waals surface area contributed by atoms with Gasteiger partial charge in [-0.15, -0.1) is 0 Å². The molecule has 35 heavy (non-hydrogen) atoms. The summed E-state index contributed by atoms with van der Waals surface area (Å²) in [6, 6.07) is 9.77. The van der Waals surface area contributed by atoms with Gasteiger partial charge in [0.25, 0.3) is 5.56 Å². The van der Waals surface area contributed by atoms with Gasteiger partial charge in [0.05, 0.1) is 12.1 Å². The molecule has 0 radical (unpaired) electrons. The van der Waals surface area contributed by atoms with Gasteiger partial charge in [0.1, 0.15) is 11.5 Å². The van der Waals surface area contributed by atoms with Gasteiger partial charge < -0.3 is 14.5 Å². The van der Waals surface area contributed by atoms with E-state index in [0.717, 1.165) is 12.0 Å². The van der Waals surface area contributed by atoms with Crippen molar-refractivity contribution in [1.29, 1.82) is 0 Å². The highest BCUT2D eigenvalue weighted by Gasteiger charge is 2.34. The van der Waals surface area contributed by atoms with Crippen LogP contribution in [0.1, 0.15) is 32.8 Å². The lowest BCUT2D eigenvalue weighted by Gasteiger charge is -2.24. The fourth-order valence-corrected chi connectivity index (χ4v) is 4.47. The molecular weight excluding hydrogens is 444 g/mol. The first-order chi connectivity index (χ1) is 16.7. The number of allylic oxidation sites excluding steroid dienone is 3. The molecule has 0 saturated heterocycles. The second-order valence-electron chi connectivity index (χ2n) is 10.3. The van der Waals surface area contributed by atoms with E-state index in [0.29, 0.717) is 31.1 Å². The Labute approximate surface area is 205 Å². The summed E-state index contributed by atoms with van der Waals surface area (Å²) in [4.78, 5) is 43.6. The van der Waals surface area contributed by atoms with Crippen molar-refractivity contribution >= 4 is 17.5 Å². The van der Waals surface area contributed by atoms with Crippen molar-refractivity contribution in [1.82, 2.24) is 9.13 Å². The fraction of sp³-hybridized carbons (Fsp3) is 0.444. The van der Waals surface area contributed by atoms with Crippen molar-refractivity contribution in [3.63, 3.8) is 0 Å². The van der Waals surface area contributed by atoms with Crippen LogP contribution >= 0.6 is 0 Å². The molecule has 186 valence electrons. The topological polar surface area (TPSA) is 76.8 Å². The number of hydrogen-bond acceptors (Lipinski definition) is 6. The average Bonchev–Trinajstić information content (AvgIpc) is 3.15. The van der Waals surface area contributed by atoms with Gasteiger partial charge in [-0.2, -0.15) is 0 Å². The molecule has 0 spiro atoms. The predicted octanol–water partition coefficient (Wildman–Crippen LogP) is 3.15. The first-order valence-corrected chi connectivity index (χ1v) is 12.0. The van der Waals surface area contributed by atoms with Gasteiger partial charge in [-0.1, -0.05) is 54.6 Å². The van der Waals surface area contributed by atoms with Gasteiger partial charge in [-0.3, -0.25) is 14.2 Å². The van der Waals surface area contributed by atoms with Crippen molar-refractivity contribution in [2.24, 2.45) is 11.3 Å². The molecule has 1 aromatic heterocycles. The molecule has 0 N–H and O–H groups in total. The molecule has 8 heteroatoms. The molecule has 0 bridgehead atoms. The van der Waals surface area contributed by atoms with E-state index in [-0.39, 0.29) is 24.8 Å². The third-order valence-electron chi connectivity index (χ3n) is 6.37. The van der Waals surface area contributed by atoms with Crippen LogP contribution in [0.2, 0.25) is 0 Å². The molecule has 0 saturated carbocycles. The molecule has 0 fully saturated rings. The molecule has 2 aromatic rings. The molecular formula is C27H34N4O4. The van der Waals surface area contributed by atoms with Gasteiger partial charge in [0.2, 0.25) is 0 Å². The van der Waals surface area contributed by atoms with Crippen LogP contribution in [-0.4, -0.2) is 35.4 Å². The van der Waals surface area contributed by atoms with Gasteiger partial charge in [0, 0.05) is 20.1 Å². The van der Waals surface area contributed by atoms with Gasteiger partial charge >= 0.3 is 11.7 Å². The minimum Gasteiger partial charge on any atom is -0.443 e. The standard InChI is InChI=1S/C27H34N4O4/c1-27(2,3)25(33)35-19-31-23-22(29(18-28(23)4)17-21-13-9-6-10-14-21)24(32)30(26(31)34)16-15-20-11-7-5-8-12-20/h5-13,21H,14-19H2,1-4H3. The Morgan fingerprint density at radius 3 is 2.49 bits per heavy atom. The third kappa shape index (κ3) is 5.26. The molecule has 8 nitrogen and oxygen atoms in total. The minimum atomic E-state index is -0.701. The average molecular weight is 479 g/mol. The SMILES string of the molecule is CN1CN(CC2C=CC=CC2)c2c1n(COC(=O)C(C)(C)C)c(=O)n(CCc1ccccc1)c2=O. The van der Waals surface area contributed by atoms with Crippen LogP contribution in [0, 0.1) is 11.3 Å². The Morgan fingerprint density at radius 2 is 1.83 bits per heavy atom. The lowest BCUT2D eigenvalue weighted by Crippen LogP contribution is -2.43. The summed E-state index contributed by atoms with van der Waals surface area (Å²) in [5, 5.41) is 0. The summed E-state index contributed by atoms with van der Waals surface area (Å²) in [5.74, 6) is 0.362. The highest BCUT2D eigenvalue weighted by atomic mass is 16.5. The Hall–Kier alpha value is -3.55. The quantitative estimate of drug-likeness (QED) is 0.569. The lowest BCUT2D eigenvalue weighted by molar-refractivity contribution is -0.157. The van der Waals surface area contributed by atoms with E-state index >= 15 is 0 Å². The maximum atomic E-state index is 13.7. The smallest absolute Gasteiger partial charge is 0.335 e. The Kier molecular flexibility index (Phi) is 7.00. The summed E-state index contributed by atoms with van der Waals surface area (Å²) >= 11 is 0. The number of carbonyl (C=O) groups is 1. The molecule has 0 amide bonds. The summed E-state index contributed by atoms with van der Waals surface area (Å²) in [6.07, 6.45) is 9.77. The largest absolute Gasteiger partial charge is 0.443 e. The number of fused-ring (bicyclic) bond motifs is 1. The summed E-state index contributed by atoms with van der Waals surface area (Å²) in [6.45, 7) is 6.44. The van der Waals surface area contributed by atoms with Crippen LogP contribution in [-0.2, 0) is 29.2 Å². The number of aromatic nitrogens is 2. The second-order valence-corrected chi connectivity index (χ2v) is 10.3. The molecule has 1 aliphatic heterocycles. The number of esters is 1. The maximum Gasteiger partial charge on any atom is 0.335 e. The highest BCUT2D eigenvalue weighted by Crippen LogP contribution is 2.32. The van der Waals surface area contributed by atoms with E-state index in [1.54, 1.807) is 20.8 Å². The van der Waals surface area contributed by atoms with E-state index in [4.69, 9.17) is 4.74 Å². The Balaban J connectivity index is 1.73. The molecule has 2 heterocycles. The number of anilines is 2. The van der Waals surface area contributed by atoms with Gasteiger partial charge in [-0.25, -0.2) is 9.36 Å². The van der Waals surface area contributed by atoms with Crippen molar-refractivity contribution in [2.45, 2.75) is 46.9 Å². The van der Waals surface area contributed by atoms with Crippen LogP contribution in [0.3, 0.4) is 0 Å². The summed E-state index contributed by atoms with van der Waals surface area (Å²) in [5.41, 5.74) is 0.0421. The summed E-state index contributed by atoms with van der Waals surface area (Å²) < 4.78 is 8.23. The molecule has 1 unspecified atom stereocenters. The van der Waals surface area contributed by atoms with Crippen LogP contribution in [0.25, 0.3) is 0 Å². The van der Waals surface area contributed by atoms with Crippen LogP contribution < -0.4 is 21.0 Å². The number of benzene rings is 1. The first-order valence-electron chi connectivity index (χ1n) is 12.0. The van der Waals surface area contributed by atoms with Crippen molar-refractivity contribution in [3.05, 3.63) is 81.0 Å². The Morgan fingerprint density at radius 1 is 1.09 bits per heavy atom. The van der Waals surface area contributed by atoms with E-state index in [2.05, 4.69) is 12.2 Å². The van der Waals surface area contributed by atoms with E-state index in [9.17, 15) is 14.4 Å². The monoisotopic (exact) mass is 478 g/mol. The second kappa shape index (κ2) is 9.98. The molecule has 2 aliphatic rings. The van der Waals surface area contributed by atoms with Crippen LogP contribution in [0.4, 0.5) is 11.5 Å². The normalized spacial score (nSPS) is 17.1. The van der Waals surface area contributed by atoms with E-state index < -0.39 is 17.1 Å². The zero-order chi connectivity index (χ0) is 25.2. The van der Waals surface area contributed by atoms with E-state index in [1.807, 2.05) is 59.3 Å².